The highest BCUT2D eigenvalue weighted by Crippen LogP contribution is 2.07. The summed E-state index contributed by atoms with van der Waals surface area (Å²) in [5.74, 6) is 0. The van der Waals surface area contributed by atoms with E-state index >= 15 is 0 Å². The molecule has 2 N–H and O–H groups in total. The zero-order valence-electron chi connectivity index (χ0n) is 9.34. The Morgan fingerprint density at radius 2 is 1.77 bits per heavy atom. The van der Waals surface area contributed by atoms with Crippen molar-refractivity contribution in [1.82, 2.24) is 5.32 Å². The van der Waals surface area contributed by atoms with Crippen LogP contribution in [0.5, 0.6) is 0 Å². The molecule has 0 saturated heterocycles. The fourth-order valence-electron chi connectivity index (χ4n) is 1.44. The highest BCUT2D eigenvalue weighted by Gasteiger charge is 2.08. The van der Waals surface area contributed by atoms with E-state index < -0.39 is 0 Å². The Labute approximate surface area is 82.7 Å². The molecule has 0 radical (unpaired) electrons. The molecular formula is C11H25NO. The lowest BCUT2D eigenvalue weighted by molar-refractivity contribution is 0.114. The van der Waals surface area contributed by atoms with Gasteiger partial charge in [0.15, 0.2) is 0 Å². The minimum Gasteiger partial charge on any atom is -0.379 e. The van der Waals surface area contributed by atoms with E-state index in [2.05, 4.69) is 19.2 Å². The van der Waals surface area contributed by atoms with Crippen LogP contribution in [0.25, 0.3) is 0 Å². The van der Waals surface area contributed by atoms with E-state index in [1.54, 1.807) is 0 Å². The predicted octanol–water partition coefficient (Wildman–Crippen LogP) is 2.66. The number of aliphatic hydroxyl groups is 1. The van der Waals surface area contributed by atoms with E-state index in [-0.39, 0.29) is 6.23 Å². The second kappa shape index (κ2) is 8.52. The normalized spacial score (nSPS) is 15.7. The van der Waals surface area contributed by atoms with Crippen LogP contribution in [0, 0.1) is 0 Å². The van der Waals surface area contributed by atoms with Crippen LogP contribution in [0.15, 0.2) is 0 Å². The SMILES string of the molecule is CCCCCC(CC)NC(O)CC. The molecule has 2 unspecified atom stereocenters. The monoisotopic (exact) mass is 187 g/mol. The van der Waals surface area contributed by atoms with Gasteiger partial charge in [-0.2, -0.15) is 0 Å². The Morgan fingerprint density at radius 1 is 1.08 bits per heavy atom. The molecule has 0 bridgehead atoms. The van der Waals surface area contributed by atoms with Crippen molar-refractivity contribution in [3.8, 4) is 0 Å². The summed E-state index contributed by atoms with van der Waals surface area (Å²) in [6.45, 7) is 6.39. The van der Waals surface area contributed by atoms with Gasteiger partial charge in [0, 0.05) is 6.04 Å². The van der Waals surface area contributed by atoms with Gasteiger partial charge in [-0.05, 0) is 19.3 Å². The van der Waals surface area contributed by atoms with E-state index in [1.165, 1.54) is 25.7 Å². The maximum atomic E-state index is 9.40. The molecule has 0 heterocycles. The van der Waals surface area contributed by atoms with Gasteiger partial charge >= 0.3 is 0 Å². The van der Waals surface area contributed by atoms with Crippen molar-refractivity contribution in [2.24, 2.45) is 0 Å². The van der Waals surface area contributed by atoms with Gasteiger partial charge in [-0.15, -0.1) is 0 Å². The molecule has 0 saturated carbocycles. The summed E-state index contributed by atoms with van der Waals surface area (Å²) in [7, 11) is 0. The highest BCUT2D eigenvalue weighted by atomic mass is 16.3. The Bertz CT molecular complexity index is 106. The van der Waals surface area contributed by atoms with Crippen LogP contribution in [0.1, 0.15) is 59.3 Å². The Hall–Kier alpha value is -0.0800. The van der Waals surface area contributed by atoms with Gasteiger partial charge in [-0.3, -0.25) is 5.32 Å². The van der Waals surface area contributed by atoms with Crippen molar-refractivity contribution < 1.29 is 5.11 Å². The molecule has 0 aliphatic rings. The molecule has 2 heteroatoms. The number of hydrogen-bond donors (Lipinski definition) is 2. The van der Waals surface area contributed by atoms with Crippen LogP contribution in [0.2, 0.25) is 0 Å². The van der Waals surface area contributed by atoms with E-state index in [9.17, 15) is 5.11 Å². The van der Waals surface area contributed by atoms with Crippen LogP contribution in [-0.4, -0.2) is 17.4 Å². The van der Waals surface area contributed by atoms with Crippen molar-refractivity contribution in [3.63, 3.8) is 0 Å². The topological polar surface area (TPSA) is 32.3 Å². The largest absolute Gasteiger partial charge is 0.379 e. The van der Waals surface area contributed by atoms with E-state index in [0.717, 1.165) is 12.8 Å². The molecule has 0 aromatic carbocycles. The number of aliphatic hydroxyl groups excluding tert-OH is 1. The van der Waals surface area contributed by atoms with Crippen molar-refractivity contribution in [2.75, 3.05) is 0 Å². The van der Waals surface area contributed by atoms with Crippen LogP contribution in [-0.2, 0) is 0 Å². The van der Waals surface area contributed by atoms with Crippen LogP contribution in [0.4, 0.5) is 0 Å². The molecule has 0 aromatic heterocycles. The fourth-order valence-corrected chi connectivity index (χ4v) is 1.44. The molecule has 0 aliphatic carbocycles. The third-order valence-electron chi connectivity index (χ3n) is 2.46. The van der Waals surface area contributed by atoms with Gasteiger partial charge in [0.25, 0.3) is 0 Å². The summed E-state index contributed by atoms with van der Waals surface area (Å²) in [4.78, 5) is 0. The summed E-state index contributed by atoms with van der Waals surface area (Å²) in [5.41, 5.74) is 0. The molecule has 2 nitrogen and oxygen atoms in total. The molecule has 0 aromatic rings. The minimum atomic E-state index is -0.313. The van der Waals surface area contributed by atoms with Gasteiger partial charge in [-0.1, -0.05) is 40.0 Å². The molecule has 2 atom stereocenters. The molecule has 13 heavy (non-hydrogen) atoms. The molecule has 0 fully saturated rings. The minimum absolute atomic E-state index is 0.313. The van der Waals surface area contributed by atoms with Crippen LogP contribution < -0.4 is 5.32 Å². The van der Waals surface area contributed by atoms with Crippen molar-refractivity contribution >= 4 is 0 Å². The first-order valence-electron chi connectivity index (χ1n) is 5.68. The number of nitrogens with one attached hydrogen (secondary N) is 1. The van der Waals surface area contributed by atoms with Crippen LogP contribution >= 0.6 is 0 Å². The predicted molar refractivity (Wildman–Crippen MR) is 57.7 cm³/mol. The smallest absolute Gasteiger partial charge is 0.104 e. The van der Waals surface area contributed by atoms with Crippen LogP contribution in [0.3, 0.4) is 0 Å². The summed E-state index contributed by atoms with van der Waals surface area (Å²) in [5, 5.41) is 12.6. The Kier molecular flexibility index (Phi) is 8.46. The first kappa shape index (κ1) is 12.9. The van der Waals surface area contributed by atoms with Gasteiger partial charge in [0.05, 0.1) is 0 Å². The third-order valence-corrected chi connectivity index (χ3v) is 2.46. The average molecular weight is 187 g/mol. The maximum absolute atomic E-state index is 9.40. The fraction of sp³-hybridized carbons (Fsp3) is 1.00. The zero-order chi connectivity index (χ0) is 10.1. The van der Waals surface area contributed by atoms with Gasteiger partial charge in [-0.25, -0.2) is 0 Å². The first-order chi connectivity index (χ1) is 6.24. The zero-order valence-corrected chi connectivity index (χ0v) is 9.34. The van der Waals surface area contributed by atoms with Crippen molar-refractivity contribution in [2.45, 2.75) is 71.6 Å². The second-order valence-electron chi connectivity index (χ2n) is 3.69. The maximum Gasteiger partial charge on any atom is 0.104 e. The lowest BCUT2D eigenvalue weighted by Crippen LogP contribution is -2.37. The summed E-state index contributed by atoms with van der Waals surface area (Å²) in [6, 6.07) is 0.501. The Morgan fingerprint density at radius 3 is 2.23 bits per heavy atom. The molecule has 0 spiro atoms. The molecule has 0 rings (SSSR count). The molecular weight excluding hydrogens is 162 g/mol. The van der Waals surface area contributed by atoms with Gasteiger partial charge < -0.3 is 5.11 Å². The highest BCUT2D eigenvalue weighted by molar-refractivity contribution is 4.66. The lowest BCUT2D eigenvalue weighted by atomic mass is 10.1. The number of unbranched alkanes of at least 4 members (excludes halogenated alkanes) is 2. The lowest BCUT2D eigenvalue weighted by Gasteiger charge is -2.20. The van der Waals surface area contributed by atoms with Gasteiger partial charge in [0.2, 0.25) is 0 Å². The van der Waals surface area contributed by atoms with E-state index in [4.69, 9.17) is 0 Å². The Balaban J connectivity index is 3.50. The quantitative estimate of drug-likeness (QED) is 0.452. The van der Waals surface area contributed by atoms with Crippen molar-refractivity contribution in [1.29, 1.82) is 0 Å². The van der Waals surface area contributed by atoms with Crippen molar-refractivity contribution in [3.05, 3.63) is 0 Å². The van der Waals surface area contributed by atoms with Gasteiger partial charge in [0.1, 0.15) is 6.23 Å². The standard InChI is InChI=1S/C11H25NO/c1-4-7-8-9-10(5-2)12-11(13)6-3/h10-13H,4-9H2,1-3H3. The summed E-state index contributed by atoms with van der Waals surface area (Å²) < 4.78 is 0. The van der Waals surface area contributed by atoms with E-state index in [1.807, 2.05) is 6.92 Å². The van der Waals surface area contributed by atoms with E-state index in [0.29, 0.717) is 6.04 Å². The molecule has 0 amide bonds. The number of rotatable bonds is 8. The first-order valence-corrected chi connectivity index (χ1v) is 5.68. The molecule has 0 aliphatic heterocycles. The molecule has 80 valence electrons. The summed E-state index contributed by atoms with van der Waals surface area (Å²) >= 11 is 0. The average Bonchev–Trinajstić information content (AvgIpc) is 2.16. The third kappa shape index (κ3) is 7.03. The summed E-state index contributed by atoms with van der Waals surface area (Å²) in [6.07, 6.45) is 6.64. The second-order valence-corrected chi connectivity index (χ2v) is 3.69. The number of hydrogen-bond acceptors (Lipinski definition) is 2.